The number of carbonyl (C=O) groups is 1. The van der Waals surface area contributed by atoms with E-state index in [9.17, 15) is 18.7 Å². The average Bonchev–Trinajstić information content (AvgIpc) is 3.09. The fraction of sp³-hybridized carbons (Fsp3) is 0.353. The predicted molar refractivity (Wildman–Crippen MR) is 84.1 cm³/mol. The number of hydrogen-bond donors (Lipinski definition) is 2. The number of amides is 1. The first kappa shape index (κ1) is 16.1. The lowest BCUT2D eigenvalue weighted by Gasteiger charge is -2.22. The van der Waals surface area contributed by atoms with Crippen LogP contribution in [0.1, 0.15) is 30.4 Å². The van der Waals surface area contributed by atoms with Gasteiger partial charge in [-0.3, -0.25) is 4.79 Å². The molecule has 1 fully saturated rings. The van der Waals surface area contributed by atoms with E-state index < -0.39 is 17.2 Å². The standard InChI is InChI=1S/C17H17F2NO2S/c1-17(22,10-5-6-23-8-10)9-20-16(21)13-7-12(13)11-3-2-4-14(18)15(11)19/h2-6,8,12-13,22H,7,9H2,1H3,(H,20,21). The maximum Gasteiger partial charge on any atom is 0.223 e. The maximum absolute atomic E-state index is 13.7. The summed E-state index contributed by atoms with van der Waals surface area (Å²) in [7, 11) is 0. The summed E-state index contributed by atoms with van der Waals surface area (Å²) in [6.07, 6.45) is 0.493. The van der Waals surface area contributed by atoms with Crippen molar-refractivity contribution < 1.29 is 18.7 Å². The quantitative estimate of drug-likeness (QED) is 0.880. The van der Waals surface area contributed by atoms with E-state index in [4.69, 9.17) is 0 Å². The molecule has 2 aromatic rings. The van der Waals surface area contributed by atoms with Crippen molar-refractivity contribution in [1.82, 2.24) is 5.32 Å². The summed E-state index contributed by atoms with van der Waals surface area (Å²) in [5, 5.41) is 16.8. The van der Waals surface area contributed by atoms with Crippen LogP contribution in [0.4, 0.5) is 8.78 Å². The van der Waals surface area contributed by atoms with Gasteiger partial charge in [0.15, 0.2) is 11.6 Å². The molecule has 23 heavy (non-hydrogen) atoms. The Morgan fingerprint density at radius 1 is 1.43 bits per heavy atom. The summed E-state index contributed by atoms with van der Waals surface area (Å²) in [6.45, 7) is 1.71. The number of rotatable bonds is 5. The van der Waals surface area contributed by atoms with Crippen molar-refractivity contribution in [3.8, 4) is 0 Å². The number of nitrogens with one attached hydrogen (secondary N) is 1. The molecule has 1 aliphatic rings. The Bertz CT molecular complexity index is 715. The van der Waals surface area contributed by atoms with Gasteiger partial charge in [-0.25, -0.2) is 8.78 Å². The van der Waals surface area contributed by atoms with Gasteiger partial charge in [0.25, 0.3) is 0 Å². The highest BCUT2D eigenvalue weighted by atomic mass is 32.1. The third-order valence-electron chi connectivity index (χ3n) is 4.26. The van der Waals surface area contributed by atoms with E-state index in [1.165, 1.54) is 23.5 Å². The van der Waals surface area contributed by atoms with E-state index in [0.717, 1.165) is 11.6 Å². The number of aliphatic hydroxyl groups is 1. The van der Waals surface area contributed by atoms with E-state index >= 15 is 0 Å². The fourth-order valence-electron chi connectivity index (χ4n) is 2.70. The highest BCUT2D eigenvalue weighted by Crippen LogP contribution is 2.48. The summed E-state index contributed by atoms with van der Waals surface area (Å²) in [5.41, 5.74) is -0.162. The summed E-state index contributed by atoms with van der Waals surface area (Å²) < 4.78 is 27.0. The van der Waals surface area contributed by atoms with Crippen molar-refractivity contribution in [2.75, 3.05) is 6.54 Å². The monoisotopic (exact) mass is 337 g/mol. The smallest absolute Gasteiger partial charge is 0.223 e. The van der Waals surface area contributed by atoms with Gasteiger partial charge in [-0.15, -0.1) is 0 Å². The molecular formula is C17H17F2NO2S. The molecular weight excluding hydrogens is 320 g/mol. The molecule has 0 aliphatic heterocycles. The Morgan fingerprint density at radius 2 is 2.22 bits per heavy atom. The number of thiophene rings is 1. The van der Waals surface area contributed by atoms with Crippen molar-refractivity contribution in [2.24, 2.45) is 5.92 Å². The predicted octanol–water partition coefficient (Wildman–Crippen LogP) is 3.15. The molecule has 0 bridgehead atoms. The molecule has 122 valence electrons. The second-order valence-electron chi connectivity index (χ2n) is 6.10. The summed E-state index contributed by atoms with van der Waals surface area (Å²) >= 11 is 1.47. The third kappa shape index (κ3) is 3.28. The minimum atomic E-state index is -1.15. The lowest BCUT2D eigenvalue weighted by atomic mass is 9.99. The van der Waals surface area contributed by atoms with Crippen LogP contribution >= 0.6 is 11.3 Å². The topological polar surface area (TPSA) is 49.3 Å². The van der Waals surface area contributed by atoms with Crippen LogP contribution in [0.2, 0.25) is 0 Å². The van der Waals surface area contributed by atoms with Crippen LogP contribution in [0, 0.1) is 17.6 Å². The van der Waals surface area contributed by atoms with Crippen molar-refractivity contribution in [3.05, 3.63) is 57.8 Å². The zero-order valence-corrected chi connectivity index (χ0v) is 13.4. The first-order valence-electron chi connectivity index (χ1n) is 7.37. The highest BCUT2D eigenvalue weighted by Gasteiger charge is 2.45. The molecule has 0 spiro atoms. The molecule has 6 heteroatoms. The molecule has 3 rings (SSSR count). The molecule has 0 radical (unpaired) electrons. The van der Waals surface area contributed by atoms with Crippen LogP contribution in [-0.4, -0.2) is 17.6 Å². The van der Waals surface area contributed by atoms with E-state index in [0.29, 0.717) is 6.42 Å². The van der Waals surface area contributed by atoms with Crippen LogP contribution in [0.25, 0.3) is 0 Å². The van der Waals surface area contributed by atoms with E-state index in [1.807, 2.05) is 10.8 Å². The lowest BCUT2D eigenvalue weighted by Crippen LogP contribution is -2.39. The van der Waals surface area contributed by atoms with Gasteiger partial charge >= 0.3 is 0 Å². The first-order chi connectivity index (χ1) is 10.9. The molecule has 1 saturated carbocycles. The van der Waals surface area contributed by atoms with E-state index in [1.54, 1.807) is 13.0 Å². The normalized spacial score (nSPS) is 22.4. The second kappa shape index (κ2) is 6.02. The Labute approximate surface area is 137 Å². The van der Waals surface area contributed by atoms with Crippen LogP contribution in [-0.2, 0) is 10.4 Å². The number of benzene rings is 1. The first-order valence-corrected chi connectivity index (χ1v) is 8.31. The minimum Gasteiger partial charge on any atom is -0.384 e. The molecule has 1 aliphatic carbocycles. The largest absolute Gasteiger partial charge is 0.384 e. The zero-order chi connectivity index (χ0) is 16.6. The Morgan fingerprint density at radius 3 is 2.91 bits per heavy atom. The molecule has 3 atom stereocenters. The molecule has 1 aromatic heterocycles. The highest BCUT2D eigenvalue weighted by molar-refractivity contribution is 7.08. The van der Waals surface area contributed by atoms with Gasteiger partial charge in [0.1, 0.15) is 5.60 Å². The summed E-state index contributed by atoms with van der Waals surface area (Å²) in [5.74, 6) is -2.68. The van der Waals surface area contributed by atoms with Crippen LogP contribution in [0.3, 0.4) is 0 Å². The van der Waals surface area contributed by atoms with E-state index in [2.05, 4.69) is 5.32 Å². The van der Waals surface area contributed by atoms with Gasteiger partial charge in [-0.2, -0.15) is 11.3 Å². The lowest BCUT2D eigenvalue weighted by molar-refractivity contribution is -0.123. The van der Waals surface area contributed by atoms with Crippen LogP contribution in [0.15, 0.2) is 35.0 Å². The van der Waals surface area contributed by atoms with Gasteiger partial charge in [0.2, 0.25) is 5.91 Å². The maximum atomic E-state index is 13.7. The van der Waals surface area contributed by atoms with Crippen LogP contribution in [0.5, 0.6) is 0 Å². The van der Waals surface area contributed by atoms with E-state index in [-0.39, 0.29) is 29.9 Å². The SMILES string of the molecule is CC(O)(CNC(=O)C1CC1c1cccc(F)c1F)c1ccsc1. The van der Waals surface area contributed by atoms with Gasteiger partial charge in [-0.05, 0) is 53.3 Å². The van der Waals surface area contributed by atoms with Crippen molar-refractivity contribution in [1.29, 1.82) is 0 Å². The molecule has 3 unspecified atom stereocenters. The second-order valence-corrected chi connectivity index (χ2v) is 6.88. The Hall–Kier alpha value is -1.79. The fourth-order valence-corrected chi connectivity index (χ4v) is 3.48. The Balaban J connectivity index is 1.60. The summed E-state index contributed by atoms with van der Waals surface area (Å²) in [4.78, 5) is 12.2. The minimum absolute atomic E-state index is 0.0808. The van der Waals surface area contributed by atoms with Crippen molar-refractivity contribution in [3.63, 3.8) is 0 Å². The third-order valence-corrected chi connectivity index (χ3v) is 4.94. The molecule has 3 nitrogen and oxygen atoms in total. The molecule has 1 amide bonds. The van der Waals surface area contributed by atoms with Crippen molar-refractivity contribution >= 4 is 17.2 Å². The van der Waals surface area contributed by atoms with Gasteiger partial charge in [0.05, 0.1) is 6.54 Å². The number of halogens is 2. The number of hydrogen-bond acceptors (Lipinski definition) is 3. The van der Waals surface area contributed by atoms with Gasteiger partial charge in [-0.1, -0.05) is 12.1 Å². The Kier molecular flexibility index (Phi) is 4.21. The average molecular weight is 337 g/mol. The molecule has 1 aromatic carbocycles. The van der Waals surface area contributed by atoms with Crippen LogP contribution < -0.4 is 5.32 Å². The zero-order valence-electron chi connectivity index (χ0n) is 12.6. The molecule has 0 saturated heterocycles. The summed E-state index contributed by atoms with van der Waals surface area (Å²) in [6, 6.07) is 5.83. The van der Waals surface area contributed by atoms with Gasteiger partial charge in [0, 0.05) is 5.92 Å². The van der Waals surface area contributed by atoms with Crippen molar-refractivity contribution in [2.45, 2.75) is 24.9 Å². The number of carbonyl (C=O) groups excluding carboxylic acids is 1. The van der Waals surface area contributed by atoms with Gasteiger partial charge < -0.3 is 10.4 Å². The molecule has 1 heterocycles. The molecule has 2 N–H and O–H groups in total.